The average Bonchev–Trinajstić information content (AvgIpc) is 2.31. The number of para-hydroxylation sites is 1. The van der Waals surface area contributed by atoms with E-state index in [0.717, 1.165) is 23.8 Å². The van der Waals surface area contributed by atoms with E-state index in [1.165, 1.54) is 0 Å². The summed E-state index contributed by atoms with van der Waals surface area (Å²) in [5.41, 5.74) is 6.66. The second-order valence-electron chi connectivity index (χ2n) is 4.10. The van der Waals surface area contributed by atoms with Gasteiger partial charge in [0.15, 0.2) is 0 Å². The lowest BCUT2D eigenvalue weighted by molar-refractivity contribution is 0.600. The van der Waals surface area contributed by atoms with Crippen LogP contribution >= 0.6 is 0 Å². The molecule has 2 aromatic carbocycles. The summed E-state index contributed by atoms with van der Waals surface area (Å²) in [6, 6.07) is 10.1. The van der Waals surface area contributed by atoms with E-state index in [-0.39, 0.29) is 10.6 Å². The molecule has 3 N–H and O–H groups in total. The van der Waals surface area contributed by atoms with E-state index < -0.39 is 15.8 Å². The number of sulfonamides is 1. The molecule has 0 aliphatic heterocycles. The number of anilines is 2. The van der Waals surface area contributed by atoms with Gasteiger partial charge in [0.1, 0.15) is 10.7 Å². The Morgan fingerprint density at radius 3 is 2.47 bits per heavy atom. The topological polar surface area (TPSA) is 72.2 Å². The highest BCUT2D eigenvalue weighted by atomic mass is 32.2. The fourth-order valence-corrected chi connectivity index (χ4v) is 2.90. The van der Waals surface area contributed by atoms with Crippen molar-refractivity contribution in [3.8, 4) is 0 Å². The Morgan fingerprint density at radius 1 is 1.16 bits per heavy atom. The van der Waals surface area contributed by atoms with E-state index in [9.17, 15) is 12.8 Å². The van der Waals surface area contributed by atoms with Gasteiger partial charge < -0.3 is 5.73 Å². The zero-order valence-electron chi connectivity index (χ0n) is 10.2. The molecule has 2 rings (SSSR count). The van der Waals surface area contributed by atoms with Gasteiger partial charge in [0.05, 0.1) is 11.4 Å². The van der Waals surface area contributed by atoms with E-state index in [0.29, 0.717) is 5.69 Å². The lowest BCUT2D eigenvalue weighted by Gasteiger charge is -2.11. The SMILES string of the molecule is Cc1ccccc1NS(=O)(=O)c1ccc(F)cc1N. The molecule has 0 saturated carbocycles. The number of rotatable bonds is 3. The van der Waals surface area contributed by atoms with Gasteiger partial charge in [-0.2, -0.15) is 0 Å². The van der Waals surface area contributed by atoms with Crippen molar-refractivity contribution in [1.29, 1.82) is 0 Å². The number of halogens is 1. The Kier molecular flexibility index (Phi) is 3.44. The molecule has 0 aliphatic rings. The summed E-state index contributed by atoms with van der Waals surface area (Å²) in [4.78, 5) is -0.142. The minimum Gasteiger partial charge on any atom is -0.398 e. The van der Waals surface area contributed by atoms with Crippen LogP contribution in [0.4, 0.5) is 15.8 Å². The minimum absolute atomic E-state index is 0.124. The maximum absolute atomic E-state index is 12.9. The number of aryl methyl sites for hydroxylation is 1. The molecule has 2 aromatic rings. The van der Waals surface area contributed by atoms with E-state index in [4.69, 9.17) is 5.73 Å². The van der Waals surface area contributed by atoms with Crippen molar-refractivity contribution in [2.75, 3.05) is 10.5 Å². The van der Waals surface area contributed by atoms with Gasteiger partial charge in [0, 0.05) is 0 Å². The third-order valence-electron chi connectivity index (χ3n) is 2.65. The smallest absolute Gasteiger partial charge is 0.263 e. The standard InChI is InChI=1S/C13H13FN2O2S/c1-9-4-2-3-5-12(9)16-19(17,18)13-7-6-10(14)8-11(13)15/h2-8,16H,15H2,1H3. The second kappa shape index (κ2) is 4.89. The van der Waals surface area contributed by atoms with Gasteiger partial charge in [0.25, 0.3) is 10.0 Å². The predicted molar refractivity (Wildman–Crippen MR) is 72.8 cm³/mol. The number of nitrogens with two attached hydrogens (primary N) is 1. The van der Waals surface area contributed by atoms with Crippen LogP contribution in [0.5, 0.6) is 0 Å². The first-order chi connectivity index (χ1) is 8.90. The number of hydrogen-bond acceptors (Lipinski definition) is 3. The zero-order chi connectivity index (χ0) is 14.0. The molecule has 0 fully saturated rings. The Labute approximate surface area is 111 Å². The van der Waals surface area contributed by atoms with Crippen molar-refractivity contribution >= 4 is 21.4 Å². The first-order valence-electron chi connectivity index (χ1n) is 5.53. The van der Waals surface area contributed by atoms with E-state index in [1.54, 1.807) is 31.2 Å². The highest BCUT2D eigenvalue weighted by molar-refractivity contribution is 7.92. The van der Waals surface area contributed by atoms with Gasteiger partial charge in [-0.15, -0.1) is 0 Å². The summed E-state index contributed by atoms with van der Waals surface area (Å²) in [5, 5.41) is 0. The molecule has 6 heteroatoms. The van der Waals surface area contributed by atoms with Crippen molar-refractivity contribution in [2.24, 2.45) is 0 Å². The number of nitrogens with one attached hydrogen (secondary N) is 1. The van der Waals surface area contributed by atoms with Gasteiger partial charge in [0.2, 0.25) is 0 Å². The molecule has 0 bridgehead atoms. The first kappa shape index (κ1) is 13.4. The third kappa shape index (κ3) is 2.85. The summed E-state index contributed by atoms with van der Waals surface area (Å²) >= 11 is 0. The summed E-state index contributed by atoms with van der Waals surface area (Å²) in [5.74, 6) is -0.577. The van der Waals surface area contributed by atoms with Crippen LogP contribution in [0.2, 0.25) is 0 Å². The number of benzene rings is 2. The van der Waals surface area contributed by atoms with Crippen LogP contribution in [0.1, 0.15) is 5.56 Å². The fourth-order valence-electron chi connectivity index (χ4n) is 1.65. The van der Waals surface area contributed by atoms with Crippen molar-refractivity contribution in [1.82, 2.24) is 0 Å². The highest BCUT2D eigenvalue weighted by Crippen LogP contribution is 2.23. The maximum atomic E-state index is 12.9. The van der Waals surface area contributed by atoms with Gasteiger partial charge >= 0.3 is 0 Å². The van der Waals surface area contributed by atoms with Crippen LogP contribution in [0.25, 0.3) is 0 Å². The van der Waals surface area contributed by atoms with Gasteiger partial charge in [-0.05, 0) is 36.8 Å². The van der Waals surface area contributed by atoms with E-state index in [2.05, 4.69) is 4.72 Å². The lowest BCUT2D eigenvalue weighted by atomic mass is 10.2. The normalized spacial score (nSPS) is 11.3. The molecular formula is C13H13FN2O2S. The number of hydrogen-bond donors (Lipinski definition) is 2. The van der Waals surface area contributed by atoms with Crippen molar-refractivity contribution in [2.45, 2.75) is 11.8 Å². The molecule has 0 radical (unpaired) electrons. The molecule has 0 saturated heterocycles. The molecule has 19 heavy (non-hydrogen) atoms. The molecule has 100 valence electrons. The van der Waals surface area contributed by atoms with Crippen LogP contribution in [0, 0.1) is 12.7 Å². The summed E-state index contributed by atoms with van der Waals surface area (Å²) < 4.78 is 39.7. The largest absolute Gasteiger partial charge is 0.398 e. The highest BCUT2D eigenvalue weighted by Gasteiger charge is 2.18. The molecule has 4 nitrogen and oxygen atoms in total. The zero-order valence-corrected chi connectivity index (χ0v) is 11.0. The Bertz CT molecular complexity index is 714. The molecule has 0 heterocycles. The second-order valence-corrected chi connectivity index (χ2v) is 5.75. The van der Waals surface area contributed by atoms with E-state index >= 15 is 0 Å². The molecule has 0 aliphatic carbocycles. The Balaban J connectivity index is 2.41. The maximum Gasteiger partial charge on any atom is 0.263 e. The summed E-state index contributed by atoms with van der Waals surface area (Å²) in [7, 11) is -3.82. The Hall–Kier alpha value is -2.08. The average molecular weight is 280 g/mol. The quantitative estimate of drug-likeness (QED) is 0.848. The molecule has 0 unspecified atom stereocenters. The van der Waals surface area contributed by atoms with Crippen molar-refractivity contribution in [3.05, 3.63) is 53.8 Å². The molecular weight excluding hydrogens is 267 g/mol. The van der Waals surface area contributed by atoms with Crippen molar-refractivity contribution in [3.63, 3.8) is 0 Å². The van der Waals surface area contributed by atoms with Crippen LogP contribution < -0.4 is 10.5 Å². The van der Waals surface area contributed by atoms with Gasteiger partial charge in [-0.1, -0.05) is 18.2 Å². The monoisotopic (exact) mass is 280 g/mol. The van der Waals surface area contributed by atoms with Crippen LogP contribution in [-0.2, 0) is 10.0 Å². The van der Waals surface area contributed by atoms with Gasteiger partial charge in [-0.3, -0.25) is 4.72 Å². The molecule has 0 atom stereocenters. The number of nitrogen functional groups attached to an aromatic ring is 1. The molecule has 0 amide bonds. The summed E-state index contributed by atoms with van der Waals surface area (Å²) in [6.07, 6.45) is 0. The molecule has 0 spiro atoms. The summed E-state index contributed by atoms with van der Waals surface area (Å²) in [6.45, 7) is 1.78. The minimum atomic E-state index is -3.82. The lowest BCUT2D eigenvalue weighted by Crippen LogP contribution is -2.15. The fraction of sp³-hybridized carbons (Fsp3) is 0.0769. The van der Waals surface area contributed by atoms with Crippen LogP contribution in [-0.4, -0.2) is 8.42 Å². The van der Waals surface area contributed by atoms with Gasteiger partial charge in [-0.25, -0.2) is 12.8 Å². The Morgan fingerprint density at radius 2 is 1.84 bits per heavy atom. The van der Waals surface area contributed by atoms with Crippen LogP contribution in [0.15, 0.2) is 47.4 Å². The predicted octanol–water partition coefficient (Wildman–Crippen LogP) is 2.52. The van der Waals surface area contributed by atoms with Crippen molar-refractivity contribution < 1.29 is 12.8 Å². The van der Waals surface area contributed by atoms with E-state index in [1.807, 2.05) is 0 Å². The van der Waals surface area contributed by atoms with Crippen LogP contribution in [0.3, 0.4) is 0 Å². The first-order valence-corrected chi connectivity index (χ1v) is 7.02. The third-order valence-corrected chi connectivity index (χ3v) is 4.09. The molecule has 0 aromatic heterocycles.